The fraction of sp³-hybridized carbons (Fsp3) is 0.167. The zero-order valence-corrected chi connectivity index (χ0v) is 18.9. The van der Waals surface area contributed by atoms with Gasteiger partial charge in [-0.2, -0.15) is 0 Å². The van der Waals surface area contributed by atoms with Gasteiger partial charge in [-0.3, -0.25) is 0 Å². The van der Waals surface area contributed by atoms with Gasteiger partial charge in [0.1, 0.15) is 12.1 Å². The average molecular weight is 481 g/mol. The first-order valence-corrected chi connectivity index (χ1v) is 10.5. The molecule has 1 N–H and O–H groups in total. The summed E-state index contributed by atoms with van der Waals surface area (Å²) in [6, 6.07) is 13.8. The third-order valence-corrected chi connectivity index (χ3v) is 5.11. The summed E-state index contributed by atoms with van der Waals surface area (Å²) in [6.45, 7) is 0.284. The lowest BCUT2D eigenvalue weighted by molar-refractivity contribution is 0.200. The number of methoxy groups -OCH3 is 2. The van der Waals surface area contributed by atoms with Crippen LogP contribution in [0.25, 0.3) is 16.8 Å². The van der Waals surface area contributed by atoms with Gasteiger partial charge in [-0.25, -0.2) is 18.3 Å². The molecule has 1 amide bonds. The number of hydrogen-bond donors (Lipinski definition) is 1. The van der Waals surface area contributed by atoms with E-state index in [0.717, 1.165) is 11.6 Å². The minimum atomic E-state index is -1.02. The van der Waals surface area contributed by atoms with Crippen molar-refractivity contribution in [2.45, 2.75) is 6.42 Å². The number of hydrogen-bond acceptors (Lipinski definition) is 7. The second-order valence-corrected chi connectivity index (χ2v) is 7.33. The zero-order valence-electron chi connectivity index (χ0n) is 18.9. The molecular weight excluding hydrogens is 460 g/mol. The molecular formula is C24H21F2N5O4. The molecule has 0 bridgehead atoms. The molecule has 1 aromatic heterocycles. The number of carbonyl (C=O) groups is 1. The third-order valence-electron chi connectivity index (χ3n) is 5.11. The van der Waals surface area contributed by atoms with E-state index < -0.39 is 17.7 Å². The molecule has 4 aromatic rings. The third kappa shape index (κ3) is 5.52. The van der Waals surface area contributed by atoms with E-state index in [9.17, 15) is 13.6 Å². The molecule has 35 heavy (non-hydrogen) atoms. The zero-order chi connectivity index (χ0) is 24.8. The van der Waals surface area contributed by atoms with E-state index >= 15 is 0 Å². The summed E-state index contributed by atoms with van der Waals surface area (Å²) >= 11 is 0. The van der Waals surface area contributed by atoms with E-state index in [-0.39, 0.29) is 23.4 Å². The molecule has 0 fully saturated rings. The van der Waals surface area contributed by atoms with Gasteiger partial charge in [0.15, 0.2) is 23.1 Å². The molecule has 11 heteroatoms. The quantitative estimate of drug-likeness (QED) is 0.407. The highest BCUT2D eigenvalue weighted by molar-refractivity contribution is 5.74. The summed E-state index contributed by atoms with van der Waals surface area (Å²) in [7, 11) is 3.10. The van der Waals surface area contributed by atoms with Crippen molar-refractivity contribution >= 4 is 6.09 Å². The Labute approximate surface area is 199 Å². The second-order valence-electron chi connectivity index (χ2n) is 7.33. The Morgan fingerprint density at radius 3 is 2.60 bits per heavy atom. The first kappa shape index (κ1) is 23.6. The minimum absolute atomic E-state index is 0.00126. The van der Waals surface area contributed by atoms with Crippen molar-refractivity contribution in [1.82, 2.24) is 25.5 Å². The van der Waals surface area contributed by atoms with E-state index in [4.69, 9.17) is 14.2 Å². The maximum absolute atomic E-state index is 14.4. The van der Waals surface area contributed by atoms with E-state index in [1.54, 1.807) is 26.4 Å². The molecule has 4 rings (SSSR count). The van der Waals surface area contributed by atoms with Crippen molar-refractivity contribution in [1.29, 1.82) is 0 Å². The lowest BCUT2D eigenvalue weighted by atomic mass is 10.0. The Hall–Kier alpha value is -4.54. The van der Waals surface area contributed by atoms with Crippen LogP contribution in [-0.4, -0.2) is 47.1 Å². The van der Waals surface area contributed by atoms with Gasteiger partial charge >= 0.3 is 6.09 Å². The van der Waals surface area contributed by atoms with Crippen molar-refractivity contribution in [2.24, 2.45) is 0 Å². The largest absolute Gasteiger partial charge is 0.493 e. The predicted octanol–water partition coefficient (Wildman–Crippen LogP) is 3.96. The predicted molar refractivity (Wildman–Crippen MR) is 122 cm³/mol. The molecule has 9 nitrogen and oxygen atoms in total. The molecule has 0 atom stereocenters. The van der Waals surface area contributed by atoms with Crippen LogP contribution in [0.5, 0.6) is 17.2 Å². The molecule has 0 aliphatic carbocycles. The number of tetrazole rings is 1. The van der Waals surface area contributed by atoms with Gasteiger partial charge in [0, 0.05) is 18.2 Å². The number of nitrogens with one attached hydrogen (secondary N) is 1. The lowest BCUT2D eigenvalue weighted by Gasteiger charge is -2.12. The Kier molecular flexibility index (Phi) is 7.15. The number of nitrogens with zero attached hydrogens (tertiary/aromatic N) is 4. The van der Waals surface area contributed by atoms with Crippen LogP contribution >= 0.6 is 0 Å². The Morgan fingerprint density at radius 2 is 1.86 bits per heavy atom. The van der Waals surface area contributed by atoms with Gasteiger partial charge in [0.25, 0.3) is 0 Å². The molecule has 0 radical (unpaired) electrons. The van der Waals surface area contributed by atoms with Crippen LogP contribution in [0.2, 0.25) is 0 Å². The lowest BCUT2D eigenvalue weighted by Crippen LogP contribution is -2.28. The van der Waals surface area contributed by atoms with Crippen molar-refractivity contribution in [3.8, 4) is 34.1 Å². The van der Waals surface area contributed by atoms with Crippen LogP contribution in [0.15, 0.2) is 60.9 Å². The van der Waals surface area contributed by atoms with Crippen LogP contribution in [0.1, 0.15) is 5.56 Å². The number of rotatable bonds is 8. The van der Waals surface area contributed by atoms with Gasteiger partial charge in [0.2, 0.25) is 0 Å². The normalized spacial score (nSPS) is 10.6. The first-order valence-electron chi connectivity index (χ1n) is 10.5. The first-order chi connectivity index (χ1) is 17.0. The van der Waals surface area contributed by atoms with Crippen molar-refractivity contribution < 1.29 is 27.8 Å². The Morgan fingerprint density at radius 1 is 1.03 bits per heavy atom. The number of carbonyl (C=O) groups excluding carboxylic acids is 1. The van der Waals surface area contributed by atoms with Gasteiger partial charge in [-0.15, -0.1) is 5.10 Å². The van der Waals surface area contributed by atoms with Crippen molar-refractivity contribution in [3.63, 3.8) is 0 Å². The summed E-state index contributed by atoms with van der Waals surface area (Å²) in [6.07, 6.45) is 1.12. The highest BCUT2D eigenvalue weighted by atomic mass is 19.2. The summed E-state index contributed by atoms with van der Waals surface area (Å²) in [5.41, 5.74) is 1.60. The Balaban J connectivity index is 1.49. The van der Waals surface area contributed by atoms with Gasteiger partial charge in [-0.05, 0) is 58.3 Å². The SMILES string of the molecule is COc1ccc(CCNC(=O)Oc2cc(-c3cccc(F)c3F)cc(-n3cnnn3)c2)cc1OC. The van der Waals surface area contributed by atoms with Crippen molar-refractivity contribution in [2.75, 3.05) is 20.8 Å². The fourth-order valence-electron chi connectivity index (χ4n) is 3.42. The minimum Gasteiger partial charge on any atom is -0.493 e. The molecule has 0 aliphatic heterocycles. The average Bonchev–Trinajstić information content (AvgIpc) is 3.40. The van der Waals surface area contributed by atoms with E-state index in [0.29, 0.717) is 23.6 Å². The van der Waals surface area contributed by atoms with Gasteiger partial charge in [-0.1, -0.05) is 18.2 Å². The van der Waals surface area contributed by atoms with E-state index in [1.165, 1.54) is 35.3 Å². The highest BCUT2D eigenvalue weighted by Crippen LogP contribution is 2.31. The van der Waals surface area contributed by atoms with Crippen LogP contribution in [-0.2, 0) is 6.42 Å². The van der Waals surface area contributed by atoms with E-state index in [2.05, 4.69) is 20.8 Å². The maximum atomic E-state index is 14.4. The molecule has 0 spiro atoms. The molecule has 0 saturated carbocycles. The van der Waals surface area contributed by atoms with Crippen LogP contribution < -0.4 is 19.5 Å². The number of amides is 1. The molecule has 0 unspecified atom stereocenters. The summed E-state index contributed by atoms with van der Waals surface area (Å²) in [5, 5.41) is 13.6. The van der Waals surface area contributed by atoms with Crippen LogP contribution in [0.4, 0.5) is 13.6 Å². The molecule has 0 aliphatic rings. The number of halogens is 2. The van der Waals surface area contributed by atoms with Crippen LogP contribution in [0.3, 0.4) is 0 Å². The summed E-state index contributed by atoms with van der Waals surface area (Å²) in [4.78, 5) is 12.4. The molecule has 3 aromatic carbocycles. The maximum Gasteiger partial charge on any atom is 0.412 e. The second kappa shape index (κ2) is 10.6. The molecule has 0 saturated heterocycles. The summed E-state index contributed by atoms with van der Waals surface area (Å²) in [5.74, 6) is -0.724. The molecule has 180 valence electrons. The number of ether oxygens (including phenoxy) is 3. The van der Waals surface area contributed by atoms with Crippen LogP contribution in [0, 0.1) is 11.6 Å². The number of benzene rings is 3. The van der Waals surface area contributed by atoms with Gasteiger partial charge in [0.05, 0.1) is 19.9 Å². The topological polar surface area (TPSA) is 100 Å². The smallest absolute Gasteiger partial charge is 0.412 e. The summed E-state index contributed by atoms with van der Waals surface area (Å²) < 4.78 is 45.4. The fourth-order valence-corrected chi connectivity index (χ4v) is 3.42. The standard InChI is InChI=1S/C24H21F2N5O4/c1-33-21-7-6-15(10-22(21)34-2)8-9-27-24(32)35-18-12-16(19-4-3-5-20(25)23(19)26)11-17(13-18)31-14-28-29-30-31/h3-7,10-14H,8-9H2,1-2H3,(H,27,32). The van der Waals surface area contributed by atoms with E-state index in [1.807, 2.05) is 12.1 Å². The molecule has 1 heterocycles. The monoisotopic (exact) mass is 481 g/mol. The Bertz CT molecular complexity index is 1330. The van der Waals surface area contributed by atoms with Crippen molar-refractivity contribution in [3.05, 3.63) is 78.1 Å². The highest BCUT2D eigenvalue weighted by Gasteiger charge is 2.15. The van der Waals surface area contributed by atoms with Gasteiger partial charge < -0.3 is 19.5 Å². The number of aromatic nitrogens is 4.